The van der Waals surface area contributed by atoms with Crippen LogP contribution in [0.5, 0.6) is 17.2 Å². The minimum Gasteiger partial charge on any atom is -0.489 e. The van der Waals surface area contributed by atoms with Crippen molar-refractivity contribution in [2.24, 2.45) is 5.92 Å². The predicted octanol–water partition coefficient (Wildman–Crippen LogP) is 5.34. The summed E-state index contributed by atoms with van der Waals surface area (Å²) < 4.78 is 16.8. The monoisotopic (exact) mass is 642 g/mol. The van der Waals surface area contributed by atoms with Crippen molar-refractivity contribution in [3.05, 3.63) is 89.5 Å². The summed E-state index contributed by atoms with van der Waals surface area (Å²) in [4.78, 5) is 42.4. The number of hydrogen-bond donors (Lipinski definition) is 3. The van der Waals surface area contributed by atoms with E-state index in [1.807, 2.05) is 86.6 Å². The van der Waals surface area contributed by atoms with E-state index < -0.39 is 12.1 Å². The Kier molecular flexibility index (Phi) is 12.0. The van der Waals surface area contributed by atoms with Crippen LogP contribution in [0.3, 0.4) is 0 Å². The molecule has 2 aliphatic rings. The molecule has 3 aromatic rings. The highest BCUT2D eigenvalue weighted by molar-refractivity contribution is 5.92. The highest BCUT2D eigenvalue weighted by atomic mass is 16.7. The number of benzene rings is 3. The van der Waals surface area contributed by atoms with Gasteiger partial charge in [0, 0.05) is 26.1 Å². The Balaban J connectivity index is 1.27. The lowest BCUT2D eigenvalue weighted by atomic mass is 10.0. The number of nitrogens with one attached hydrogen (secondary N) is 3. The first kappa shape index (κ1) is 33.6. The van der Waals surface area contributed by atoms with Gasteiger partial charge in [0.15, 0.2) is 11.5 Å². The summed E-state index contributed by atoms with van der Waals surface area (Å²) in [5.41, 5.74) is 2.77. The first-order valence-electron chi connectivity index (χ1n) is 16.6. The molecular weight excluding hydrogens is 596 g/mol. The first-order chi connectivity index (χ1) is 22.8. The van der Waals surface area contributed by atoms with Crippen LogP contribution in [0.4, 0.5) is 4.79 Å². The average molecular weight is 643 g/mol. The van der Waals surface area contributed by atoms with Crippen molar-refractivity contribution < 1.29 is 28.6 Å². The van der Waals surface area contributed by atoms with Crippen LogP contribution < -0.4 is 30.2 Å². The fourth-order valence-corrected chi connectivity index (χ4v) is 5.76. The van der Waals surface area contributed by atoms with E-state index in [1.165, 1.54) is 0 Å². The molecule has 2 heterocycles. The average Bonchev–Trinajstić information content (AvgIpc) is 3.37. The highest BCUT2D eigenvalue weighted by Crippen LogP contribution is 2.32. The zero-order chi connectivity index (χ0) is 33.0. The second-order valence-electron chi connectivity index (χ2n) is 12.6. The Morgan fingerprint density at radius 1 is 0.766 bits per heavy atom. The number of hydrogen-bond acceptors (Lipinski definition) is 6. The number of fused-ring (bicyclic) bond motifs is 1. The molecule has 4 amide bonds. The minimum absolute atomic E-state index is 0.150. The van der Waals surface area contributed by atoms with Gasteiger partial charge in [0.2, 0.25) is 18.6 Å². The van der Waals surface area contributed by atoms with Crippen LogP contribution >= 0.6 is 0 Å². The van der Waals surface area contributed by atoms with Gasteiger partial charge in [-0.15, -0.1) is 0 Å². The molecule has 250 valence electrons. The van der Waals surface area contributed by atoms with Gasteiger partial charge < -0.3 is 35.1 Å². The Labute approximate surface area is 277 Å². The van der Waals surface area contributed by atoms with E-state index in [0.717, 1.165) is 42.4 Å². The molecule has 2 aliphatic heterocycles. The van der Waals surface area contributed by atoms with Gasteiger partial charge in [-0.1, -0.05) is 75.2 Å². The standard InChI is InChI=1S/C37H46N4O6/c1-26(2)20-31(40-37(44)41-18-8-3-4-9-19-41)36(43)39-32(35(42)38-23-29-14-17-33-34(22-29)47-25-46-33)21-27-12-15-30(16-13-27)45-24-28-10-6-5-7-11-28/h5-7,10-17,22,26,31-32H,3-4,8-9,18-21,23-25H2,1-2H3,(H,38,42)(H,39,43)(H,40,44)/t31-,32-/m0/s1. The SMILES string of the molecule is CC(C)C[C@H](NC(=O)N1CCCCCC1)C(=O)N[C@@H](Cc1ccc(OCc2ccccc2)cc1)C(=O)NCc1ccc2c(c1)OCO2. The number of urea groups is 1. The van der Waals surface area contributed by atoms with Gasteiger partial charge in [0.05, 0.1) is 0 Å². The number of rotatable bonds is 13. The smallest absolute Gasteiger partial charge is 0.318 e. The van der Waals surface area contributed by atoms with Crippen molar-refractivity contribution in [1.82, 2.24) is 20.9 Å². The molecule has 1 fully saturated rings. The molecule has 0 aromatic heterocycles. The van der Waals surface area contributed by atoms with Crippen molar-refractivity contribution in [2.75, 3.05) is 19.9 Å². The molecule has 0 unspecified atom stereocenters. The summed E-state index contributed by atoms with van der Waals surface area (Å²) in [5, 5.41) is 8.92. The van der Waals surface area contributed by atoms with Gasteiger partial charge in [-0.25, -0.2) is 4.79 Å². The van der Waals surface area contributed by atoms with Crippen molar-refractivity contribution >= 4 is 17.8 Å². The maximum absolute atomic E-state index is 13.8. The van der Waals surface area contributed by atoms with Crippen molar-refractivity contribution in [1.29, 1.82) is 0 Å². The maximum atomic E-state index is 13.8. The molecule has 0 bridgehead atoms. The topological polar surface area (TPSA) is 118 Å². The fraction of sp³-hybridized carbons (Fsp3) is 0.432. The van der Waals surface area contributed by atoms with E-state index in [-0.39, 0.29) is 43.5 Å². The molecule has 0 saturated carbocycles. The van der Waals surface area contributed by atoms with Crippen LogP contribution in [0.15, 0.2) is 72.8 Å². The van der Waals surface area contributed by atoms with Crippen LogP contribution in [0.2, 0.25) is 0 Å². The molecule has 3 aromatic carbocycles. The van der Waals surface area contributed by atoms with Gasteiger partial charge in [0.25, 0.3) is 0 Å². The Bertz CT molecular complexity index is 1470. The van der Waals surface area contributed by atoms with Crippen LogP contribution in [0.1, 0.15) is 62.6 Å². The molecule has 2 atom stereocenters. The Morgan fingerprint density at radius 3 is 2.19 bits per heavy atom. The number of ether oxygens (including phenoxy) is 3. The van der Waals surface area contributed by atoms with Gasteiger partial charge in [-0.2, -0.15) is 0 Å². The number of amides is 4. The normalized spacial score (nSPS) is 15.3. The lowest BCUT2D eigenvalue weighted by Gasteiger charge is -2.27. The summed E-state index contributed by atoms with van der Waals surface area (Å²) >= 11 is 0. The van der Waals surface area contributed by atoms with E-state index in [9.17, 15) is 14.4 Å². The summed E-state index contributed by atoms with van der Waals surface area (Å²) in [7, 11) is 0. The number of likely N-dealkylation sites (tertiary alicyclic amines) is 1. The third-order valence-electron chi connectivity index (χ3n) is 8.36. The van der Waals surface area contributed by atoms with E-state index in [0.29, 0.717) is 43.4 Å². The number of nitrogens with zero attached hydrogens (tertiary/aromatic N) is 1. The van der Waals surface area contributed by atoms with Gasteiger partial charge in [-0.05, 0) is 66.1 Å². The third kappa shape index (κ3) is 10.1. The van der Waals surface area contributed by atoms with Crippen LogP contribution in [0.25, 0.3) is 0 Å². The minimum atomic E-state index is -0.877. The Morgan fingerprint density at radius 2 is 1.47 bits per heavy atom. The largest absolute Gasteiger partial charge is 0.489 e. The van der Waals surface area contributed by atoms with E-state index in [2.05, 4.69) is 16.0 Å². The summed E-state index contributed by atoms with van der Waals surface area (Å²) in [6, 6.07) is 21.1. The van der Waals surface area contributed by atoms with Crippen LogP contribution in [-0.4, -0.2) is 54.7 Å². The van der Waals surface area contributed by atoms with Crippen molar-refractivity contribution in [3.8, 4) is 17.2 Å². The van der Waals surface area contributed by atoms with Gasteiger partial charge in [0.1, 0.15) is 24.4 Å². The number of carbonyl (C=O) groups excluding carboxylic acids is 3. The molecule has 3 N–H and O–H groups in total. The molecule has 5 rings (SSSR count). The number of carbonyl (C=O) groups is 3. The van der Waals surface area contributed by atoms with Crippen LogP contribution in [0, 0.1) is 5.92 Å². The van der Waals surface area contributed by atoms with E-state index >= 15 is 0 Å². The van der Waals surface area contributed by atoms with Gasteiger partial charge >= 0.3 is 6.03 Å². The zero-order valence-electron chi connectivity index (χ0n) is 27.3. The lowest BCUT2D eigenvalue weighted by Crippen LogP contribution is -2.56. The molecule has 0 aliphatic carbocycles. The van der Waals surface area contributed by atoms with E-state index in [4.69, 9.17) is 14.2 Å². The molecule has 0 radical (unpaired) electrons. The highest BCUT2D eigenvalue weighted by Gasteiger charge is 2.29. The van der Waals surface area contributed by atoms with Crippen LogP contribution in [-0.2, 0) is 29.2 Å². The lowest BCUT2D eigenvalue weighted by molar-refractivity contribution is -0.130. The predicted molar refractivity (Wildman–Crippen MR) is 179 cm³/mol. The van der Waals surface area contributed by atoms with Crippen molar-refractivity contribution in [2.45, 2.75) is 77.6 Å². The van der Waals surface area contributed by atoms with Crippen molar-refractivity contribution in [3.63, 3.8) is 0 Å². The molecule has 10 nitrogen and oxygen atoms in total. The molecular formula is C37H46N4O6. The molecule has 1 saturated heterocycles. The summed E-state index contributed by atoms with van der Waals surface area (Å²) in [6.07, 6.45) is 4.81. The van der Waals surface area contributed by atoms with E-state index in [1.54, 1.807) is 4.90 Å². The zero-order valence-corrected chi connectivity index (χ0v) is 27.3. The summed E-state index contributed by atoms with van der Waals surface area (Å²) in [5.74, 6) is 1.44. The second kappa shape index (κ2) is 16.7. The second-order valence-corrected chi connectivity index (χ2v) is 12.6. The van der Waals surface area contributed by atoms with Gasteiger partial charge in [-0.3, -0.25) is 9.59 Å². The molecule has 10 heteroatoms. The maximum Gasteiger partial charge on any atom is 0.318 e. The summed E-state index contributed by atoms with van der Waals surface area (Å²) in [6.45, 7) is 6.23. The molecule has 0 spiro atoms. The Hall–Kier alpha value is -4.73. The first-order valence-corrected chi connectivity index (χ1v) is 16.6. The fourth-order valence-electron chi connectivity index (χ4n) is 5.76. The third-order valence-corrected chi connectivity index (χ3v) is 8.36. The molecule has 47 heavy (non-hydrogen) atoms. The quantitative estimate of drug-likeness (QED) is 0.232.